The van der Waals surface area contributed by atoms with Crippen molar-refractivity contribution in [1.29, 1.82) is 0 Å². The first-order valence-electron chi connectivity index (χ1n) is 7.98. The molecule has 0 bridgehead atoms. The first kappa shape index (κ1) is 14.4. The molecule has 1 saturated heterocycles. The molecule has 1 amide bonds. The van der Waals surface area contributed by atoms with E-state index in [9.17, 15) is 4.79 Å². The first-order chi connectivity index (χ1) is 10.1. The van der Waals surface area contributed by atoms with Crippen LogP contribution < -0.4 is 15.5 Å². The molecule has 3 atom stereocenters. The summed E-state index contributed by atoms with van der Waals surface area (Å²) >= 11 is 0. The van der Waals surface area contributed by atoms with Gasteiger partial charge in [0.2, 0.25) is 5.91 Å². The number of amides is 1. The topological polar surface area (TPSA) is 44.4 Å². The largest absolute Gasteiger partial charge is 0.378 e. The number of benzene rings is 1. The van der Waals surface area contributed by atoms with Gasteiger partial charge in [0, 0.05) is 31.5 Å². The van der Waals surface area contributed by atoms with Crippen LogP contribution in [0.1, 0.15) is 32.1 Å². The van der Waals surface area contributed by atoms with E-state index >= 15 is 0 Å². The summed E-state index contributed by atoms with van der Waals surface area (Å²) in [6.07, 6.45) is 6.11. The van der Waals surface area contributed by atoms with Crippen LogP contribution in [0.25, 0.3) is 0 Å². The van der Waals surface area contributed by atoms with Gasteiger partial charge in [0.05, 0.1) is 6.04 Å². The van der Waals surface area contributed by atoms with Gasteiger partial charge in [-0.1, -0.05) is 18.9 Å². The Bertz CT molecular complexity index is 501. The molecule has 1 aliphatic heterocycles. The zero-order chi connectivity index (χ0) is 14.8. The van der Waals surface area contributed by atoms with Crippen LogP contribution in [-0.4, -0.2) is 32.1 Å². The highest BCUT2D eigenvalue weighted by Gasteiger charge is 2.38. The van der Waals surface area contributed by atoms with E-state index in [1.54, 1.807) is 0 Å². The zero-order valence-electron chi connectivity index (χ0n) is 12.9. The van der Waals surface area contributed by atoms with Crippen LogP contribution in [0, 0.1) is 5.92 Å². The number of rotatable bonds is 3. The van der Waals surface area contributed by atoms with Gasteiger partial charge in [0.25, 0.3) is 0 Å². The third kappa shape index (κ3) is 3.21. The molecule has 0 spiro atoms. The predicted octanol–water partition coefficient (Wildman–Crippen LogP) is 2.61. The minimum Gasteiger partial charge on any atom is -0.378 e. The molecular formula is C17H25N3O. The van der Waals surface area contributed by atoms with E-state index in [4.69, 9.17) is 0 Å². The second-order valence-electron chi connectivity index (χ2n) is 6.54. The number of hydrogen-bond acceptors (Lipinski definition) is 3. The molecule has 1 aromatic rings. The van der Waals surface area contributed by atoms with Crippen molar-refractivity contribution in [2.75, 3.05) is 24.3 Å². The Kier molecular flexibility index (Phi) is 4.15. The van der Waals surface area contributed by atoms with Crippen molar-refractivity contribution in [3.05, 3.63) is 24.3 Å². The van der Waals surface area contributed by atoms with Crippen LogP contribution in [0.2, 0.25) is 0 Å². The molecule has 2 fully saturated rings. The fraction of sp³-hybridized carbons (Fsp3) is 0.588. The molecular weight excluding hydrogens is 262 g/mol. The summed E-state index contributed by atoms with van der Waals surface area (Å²) in [5, 5.41) is 6.59. The van der Waals surface area contributed by atoms with Crippen LogP contribution in [0.4, 0.5) is 11.4 Å². The first-order valence-corrected chi connectivity index (χ1v) is 7.98. The van der Waals surface area contributed by atoms with Gasteiger partial charge < -0.3 is 15.5 Å². The maximum absolute atomic E-state index is 12.5. The number of anilines is 2. The van der Waals surface area contributed by atoms with Crippen LogP contribution in [0.15, 0.2) is 24.3 Å². The lowest BCUT2D eigenvalue weighted by atomic mass is 9.85. The Morgan fingerprint density at radius 2 is 2.10 bits per heavy atom. The van der Waals surface area contributed by atoms with E-state index < -0.39 is 0 Å². The molecule has 1 saturated carbocycles. The summed E-state index contributed by atoms with van der Waals surface area (Å²) in [6.45, 7) is 0. The van der Waals surface area contributed by atoms with Crippen LogP contribution in [0.3, 0.4) is 0 Å². The molecule has 0 aromatic heterocycles. The molecule has 4 nitrogen and oxygen atoms in total. The summed E-state index contributed by atoms with van der Waals surface area (Å²) in [5.74, 6) is 0.808. The highest BCUT2D eigenvalue weighted by Crippen LogP contribution is 2.33. The summed E-state index contributed by atoms with van der Waals surface area (Å²) < 4.78 is 0. The van der Waals surface area contributed by atoms with Crippen LogP contribution in [0.5, 0.6) is 0 Å². The monoisotopic (exact) mass is 287 g/mol. The lowest BCUT2D eigenvalue weighted by molar-refractivity contribution is -0.117. The van der Waals surface area contributed by atoms with Crippen molar-refractivity contribution in [2.24, 2.45) is 5.92 Å². The van der Waals surface area contributed by atoms with E-state index in [2.05, 4.69) is 10.6 Å². The van der Waals surface area contributed by atoms with Gasteiger partial charge >= 0.3 is 0 Å². The lowest BCUT2D eigenvalue weighted by Gasteiger charge is -2.24. The third-order valence-corrected chi connectivity index (χ3v) is 4.81. The molecule has 114 valence electrons. The van der Waals surface area contributed by atoms with Crippen molar-refractivity contribution < 1.29 is 4.79 Å². The van der Waals surface area contributed by atoms with Crippen LogP contribution in [-0.2, 0) is 4.79 Å². The number of hydrogen-bond donors (Lipinski definition) is 2. The molecule has 21 heavy (non-hydrogen) atoms. The van der Waals surface area contributed by atoms with E-state index in [-0.39, 0.29) is 11.9 Å². The molecule has 2 N–H and O–H groups in total. The Balaban J connectivity index is 1.63. The van der Waals surface area contributed by atoms with Gasteiger partial charge in [0.1, 0.15) is 0 Å². The standard InChI is InChI=1S/C17H25N3O/c1-20(2)14-8-5-7-13(11-14)18-17(21)16-10-12-6-3-4-9-15(12)19-16/h5,7-8,11-12,15-16,19H,3-4,6,9-10H2,1-2H3,(H,18,21). The summed E-state index contributed by atoms with van der Waals surface area (Å²) in [7, 11) is 4.01. The van der Waals surface area contributed by atoms with Gasteiger partial charge in [-0.05, 0) is 43.4 Å². The number of carbonyl (C=O) groups excluding carboxylic acids is 1. The molecule has 1 aromatic carbocycles. The molecule has 0 radical (unpaired) electrons. The van der Waals surface area contributed by atoms with Gasteiger partial charge in [-0.15, -0.1) is 0 Å². The minimum absolute atomic E-state index is 0.0267. The Morgan fingerprint density at radius 1 is 1.29 bits per heavy atom. The summed E-state index contributed by atoms with van der Waals surface area (Å²) in [5.41, 5.74) is 1.98. The molecule has 3 unspecified atom stereocenters. The number of nitrogens with zero attached hydrogens (tertiary/aromatic N) is 1. The maximum atomic E-state index is 12.5. The normalized spacial score (nSPS) is 28.0. The molecule has 3 rings (SSSR count). The number of nitrogens with one attached hydrogen (secondary N) is 2. The molecule has 4 heteroatoms. The van der Waals surface area contributed by atoms with E-state index in [1.807, 2.05) is 43.3 Å². The fourth-order valence-electron chi connectivity index (χ4n) is 3.61. The van der Waals surface area contributed by atoms with Gasteiger partial charge in [-0.2, -0.15) is 0 Å². The van der Waals surface area contributed by atoms with Gasteiger partial charge in [-0.3, -0.25) is 4.79 Å². The Labute approximate surface area is 126 Å². The SMILES string of the molecule is CN(C)c1cccc(NC(=O)C2CC3CCCCC3N2)c1. The van der Waals surface area contributed by atoms with Crippen molar-refractivity contribution >= 4 is 17.3 Å². The highest BCUT2D eigenvalue weighted by molar-refractivity contribution is 5.95. The average molecular weight is 287 g/mol. The Morgan fingerprint density at radius 3 is 2.86 bits per heavy atom. The summed E-state index contributed by atoms with van der Waals surface area (Å²) in [4.78, 5) is 14.5. The van der Waals surface area contributed by atoms with E-state index in [0.717, 1.165) is 17.8 Å². The van der Waals surface area contributed by atoms with Gasteiger partial charge in [0.15, 0.2) is 0 Å². The van der Waals surface area contributed by atoms with Crippen molar-refractivity contribution in [3.8, 4) is 0 Å². The van der Waals surface area contributed by atoms with E-state index in [0.29, 0.717) is 12.0 Å². The average Bonchev–Trinajstić information content (AvgIpc) is 2.91. The minimum atomic E-state index is -0.0267. The third-order valence-electron chi connectivity index (χ3n) is 4.81. The lowest BCUT2D eigenvalue weighted by Crippen LogP contribution is -2.39. The van der Waals surface area contributed by atoms with Crippen molar-refractivity contribution in [2.45, 2.75) is 44.2 Å². The fourth-order valence-corrected chi connectivity index (χ4v) is 3.61. The van der Waals surface area contributed by atoms with E-state index in [1.165, 1.54) is 25.7 Å². The van der Waals surface area contributed by atoms with Crippen molar-refractivity contribution in [1.82, 2.24) is 5.32 Å². The zero-order valence-corrected chi connectivity index (χ0v) is 12.9. The number of carbonyl (C=O) groups is 1. The highest BCUT2D eigenvalue weighted by atomic mass is 16.2. The maximum Gasteiger partial charge on any atom is 0.241 e. The summed E-state index contributed by atoms with van der Waals surface area (Å²) in [6, 6.07) is 8.51. The second-order valence-corrected chi connectivity index (χ2v) is 6.54. The van der Waals surface area contributed by atoms with Crippen molar-refractivity contribution in [3.63, 3.8) is 0 Å². The Hall–Kier alpha value is -1.55. The second kappa shape index (κ2) is 6.06. The number of fused-ring (bicyclic) bond motifs is 1. The van der Waals surface area contributed by atoms with Crippen LogP contribution >= 0.6 is 0 Å². The molecule has 2 aliphatic rings. The van der Waals surface area contributed by atoms with Gasteiger partial charge in [-0.25, -0.2) is 0 Å². The molecule has 1 heterocycles. The predicted molar refractivity (Wildman–Crippen MR) is 86.7 cm³/mol. The smallest absolute Gasteiger partial charge is 0.241 e. The quantitative estimate of drug-likeness (QED) is 0.898. The molecule has 1 aliphatic carbocycles.